The average Bonchev–Trinajstić information content (AvgIpc) is 2.74. The molecule has 0 aromatic rings. The van der Waals surface area contributed by atoms with Crippen molar-refractivity contribution in [3.05, 3.63) is 0 Å². The quantitative estimate of drug-likeness (QED) is 0.778. The third-order valence-corrected chi connectivity index (χ3v) is 4.16. The van der Waals surface area contributed by atoms with Gasteiger partial charge in [-0.05, 0) is 32.9 Å². The van der Waals surface area contributed by atoms with Crippen LogP contribution < -0.4 is 5.32 Å². The van der Waals surface area contributed by atoms with Crippen LogP contribution >= 0.6 is 0 Å². The van der Waals surface area contributed by atoms with E-state index in [1.807, 2.05) is 7.05 Å². The van der Waals surface area contributed by atoms with Crippen LogP contribution in [-0.4, -0.2) is 48.1 Å². The van der Waals surface area contributed by atoms with Gasteiger partial charge in [0.05, 0.1) is 11.8 Å². The second-order valence-electron chi connectivity index (χ2n) is 5.59. The first-order valence-electron chi connectivity index (χ1n) is 6.79. The van der Waals surface area contributed by atoms with Crippen LogP contribution in [0.25, 0.3) is 0 Å². The highest BCUT2D eigenvalue weighted by Crippen LogP contribution is 2.30. The largest absolute Gasteiger partial charge is 0.481 e. The Labute approximate surface area is 108 Å². The first-order valence-corrected chi connectivity index (χ1v) is 6.79. The van der Waals surface area contributed by atoms with Crippen LogP contribution in [0.5, 0.6) is 0 Å². The Morgan fingerprint density at radius 3 is 2.39 bits per heavy atom. The van der Waals surface area contributed by atoms with Gasteiger partial charge in [0.15, 0.2) is 0 Å². The monoisotopic (exact) mass is 254 g/mol. The highest BCUT2D eigenvalue weighted by molar-refractivity contribution is 5.85. The second kappa shape index (κ2) is 5.69. The van der Waals surface area contributed by atoms with Crippen LogP contribution in [0, 0.1) is 11.8 Å². The van der Waals surface area contributed by atoms with Crippen LogP contribution in [0.2, 0.25) is 0 Å². The van der Waals surface area contributed by atoms with E-state index in [0.717, 1.165) is 32.4 Å². The Balaban J connectivity index is 1.92. The summed E-state index contributed by atoms with van der Waals surface area (Å²) in [6.07, 6.45) is 4.20. The number of nitrogens with one attached hydrogen (secondary N) is 1. The molecule has 0 aromatic heterocycles. The minimum atomic E-state index is -0.821. The molecule has 18 heavy (non-hydrogen) atoms. The molecule has 1 saturated carbocycles. The van der Waals surface area contributed by atoms with Crippen LogP contribution in [0.1, 0.15) is 32.1 Å². The summed E-state index contributed by atoms with van der Waals surface area (Å²) in [5, 5.41) is 12.2. The molecule has 1 aliphatic heterocycles. The summed E-state index contributed by atoms with van der Waals surface area (Å²) in [6, 6.07) is 0.193. The minimum Gasteiger partial charge on any atom is -0.481 e. The van der Waals surface area contributed by atoms with Crippen molar-refractivity contribution < 1.29 is 14.7 Å². The number of hydrogen-bond acceptors (Lipinski definition) is 3. The minimum absolute atomic E-state index is 0.0533. The first kappa shape index (κ1) is 13.3. The van der Waals surface area contributed by atoms with E-state index in [4.69, 9.17) is 0 Å². The molecule has 0 radical (unpaired) electrons. The Hall–Kier alpha value is -1.10. The lowest BCUT2D eigenvalue weighted by Crippen LogP contribution is -2.44. The van der Waals surface area contributed by atoms with Gasteiger partial charge in [0.1, 0.15) is 0 Å². The van der Waals surface area contributed by atoms with E-state index in [2.05, 4.69) is 10.2 Å². The van der Waals surface area contributed by atoms with Crippen molar-refractivity contribution in [2.75, 3.05) is 20.1 Å². The van der Waals surface area contributed by atoms with Crippen molar-refractivity contribution in [1.82, 2.24) is 10.2 Å². The Kier molecular flexibility index (Phi) is 4.22. The van der Waals surface area contributed by atoms with Gasteiger partial charge in [-0.2, -0.15) is 0 Å². The summed E-state index contributed by atoms with van der Waals surface area (Å²) in [4.78, 5) is 25.5. The number of carboxylic acids is 1. The maximum atomic E-state index is 12.2. The predicted octanol–water partition coefficient (Wildman–Crippen LogP) is 0.698. The summed E-state index contributed by atoms with van der Waals surface area (Å²) < 4.78 is 0. The van der Waals surface area contributed by atoms with Gasteiger partial charge in [0.25, 0.3) is 0 Å². The highest BCUT2D eigenvalue weighted by Gasteiger charge is 2.36. The molecule has 5 nitrogen and oxygen atoms in total. The van der Waals surface area contributed by atoms with Crippen molar-refractivity contribution in [2.45, 2.75) is 38.1 Å². The molecular weight excluding hydrogens is 232 g/mol. The number of likely N-dealkylation sites (N-methyl/N-ethyl adjacent to an activating group) is 1. The fourth-order valence-corrected chi connectivity index (χ4v) is 3.10. The third-order valence-electron chi connectivity index (χ3n) is 4.16. The van der Waals surface area contributed by atoms with Gasteiger partial charge >= 0.3 is 5.97 Å². The lowest BCUT2D eigenvalue weighted by Gasteiger charge is -2.28. The van der Waals surface area contributed by atoms with Crippen LogP contribution in [0.4, 0.5) is 0 Å². The summed E-state index contributed by atoms with van der Waals surface area (Å²) in [5.41, 5.74) is 0. The molecule has 1 amide bonds. The molecule has 2 fully saturated rings. The highest BCUT2D eigenvalue weighted by atomic mass is 16.4. The molecular formula is C13H22N2O3. The molecule has 5 heteroatoms. The molecule has 0 spiro atoms. The Bertz CT molecular complexity index is 332. The fraction of sp³-hybridized carbons (Fsp3) is 0.846. The second-order valence-corrected chi connectivity index (χ2v) is 5.59. The zero-order valence-corrected chi connectivity index (χ0v) is 10.9. The number of carbonyl (C=O) groups is 2. The fourth-order valence-electron chi connectivity index (χ4n) is 3.10. The third kappa shape index (κ3) is 3.02. The van der Waals surface area contributed by atoms with Crippen molar-refractivity contribution in [3.8, 4) is 0 Å². The SMILES string of the molecule is CN1CCC(NC(=O)[C@@H]2CCCC[C@@H]2C(=O)O)C1. The van der Waals surface area contributed by atoms with E-state index in [1.54, 1.807) is 0 Å². The maximum Gasteiger partial charge on any atom is 0.307 e. The number of likely N-dealkylation sites (tertiary alicyclic amines) is 1. The summed E-state index contributed by atoms with van der Waals surface area (Å²) >= 11 is 0. The normalized spacial score (nSPS) is 33.3. The van der Waals surface area contributed by atoms with E-state index < -0.39 is 11.9 Å². The van der Waals surface area contributed by atoms with Crippen molar-refractivity contribution >= 4 is 11.9 Å². The molecule has 2 aliphatic rings. The average molecular weight is 254 g/mol. The number of nitrogens with zero attached hydrogens (tertiary/aromatic N) is 1. The smallest absolute Gasteiger partial charge is 0.307 e. The van der Waals surface area contributed by atoms with Gasteiger partial charge in [-0.1, -0.05) is 12.8 Å². The van der Waals surface area contributed by atoms with Crippen molar-refractivity contribution in [1.29, 1.82) is 0 Å². The standard InChI is InChI=1S/C13H22N2O3/c1-15-7-6-9(8-15)14-12(16)10-4-2-3-5-11(10)13(17)18/h9-11H,2-8H2,1H3,(H,14,16)(H,17,18)/t9?,10-,11+/m1/s1. The molecule has 3 atom stereocenters. The molecule has 1 unspecified atom stereocenters. The van der Waals surface area contributed by atoms with E-state index in [9.17, 15) is 14.7 Å². The predicted molar refractivity (Wildman–Crippen MR) is 67.1 cm³/mol. The lowest BCUT2D eigenvalue weighted by atomic mass is 9.78. The molecule has 102 valence electrons. The van der Waals surface area contributed by atoms with Gasteiger partial charge in [-0.3, -0.25) is 9.59 Å². The van der Waals surface area contributed by atoms with E-state index in [1.165, 1.54) is 0 Å². The van der Waals surface area contributed by atoms with E-state index in [-0.39, 0.29) is 17.9 Å². The van der Waals surface area contributed by atoms with E-state index in [0.29, 0.717) is 12.8 Å². The first-order chi connectivity index (χ1) is 8.58. The molecule has 2 N–H and O–H groups in total. The molecule has 2 rings (SSSR count). The van der Waals surface area contributed by atoms with Crippen LogP contribution in [-0.2, 0) is 9.59 Å². The van der Waals surface area contributed by atoms with Gasteiger partial charge in [0.2, 0.25) is 5.91 Å². The topological polar surface area (TPSA) is 69.6 Å². The van der Waals surface area contributed by atoms with Crippen molar-refractivity contribution in [2.24, 2.45) is 11.8 Å². The van der Waals surface area contributed by atoms with Crippen LogP contribution in [0.15, 0.2) is 0 Å². The number of carbonyl (C=O) groups excluding carboxylic acids is 1. The number of rotatable bonds is 3. The lowest BCUT2D eigenvalue weighted by molar-refractivity contribution is -0.149. The Morgan fingerprint density at radius 2 is 1.83 bits per heavy atom. The zero-order chi connectivity index (χ0) is 13.1. The molecule has 1 aliphatic carbocycles. The summed E-state index contributed by atoms with van der Waals surface area (Å²) in [7, 11) is 2.03. The number of amides is 1. The molecule has 1 heterocycles. The Morgan fingerprint density at radius 1 is 1.17 bits per heavy atom. The number of carboxylic acid groups (broad SMARTS) is 1. The molecule has 1 saturated heterocycles. The molecule has 0 bridgehead atoms. The van der Waals surface area contributed by atoms with Crippen molar-refractivity contribution in [3.63, 3.8) is 0 Å². The van der Waals surface area contributed by atoms with Gasteiger partial charge < -0.3 is 15.3 Å². The summed E-state index contributed by atoms with van der Waals surface area (Å²) in [6.45, 7) is 1.87. The van der Waals surface area contributed by atoms with Crippen LogP contribution in [0.3, 0.4) is 0 Å². The summed E-state index contributed by atoms with van der Waals surface area (Å²) in [5.74, 6) is -1.69. The molecule has 0 aromatic carbocycles. The van der Waals surface area contributed by atoms with E-state index >= 15 is 0 Å². The van der Waals surface area contributed by atoms with Gasteiger partial charge in [-0.15, -0.1) is 0 Å². The zero-order valence-electron chi connectivity index (χ0n) is 10.9. The number of aliphatic carboxylic acids is 1. The van der Waals surface area contributed by atoms with Gasteiger partial charge in [-0.25, -0.2) is 0 Å². The maximum absolute atomic E-state index is 12.2. The number of hydrogen-bond donors (Lipinski definition) is 2. The van der Waals surface area contributed by atoms with Gasteiger partial charge in [0, 0.05) is 12.6 Å².